The fourth-order valence-electron chi connectivity index (χ4n) is 3.64. The molecule has 0 radical (unpaired) electrons. The first-order valence-electron chi connectivity index (χ1n) is 9.94. The molecule has 0 bridgehead atoms. The van der Waals surface area contributed by atoms with Crippen LogP contribution in [0.2, 0.25) is 0 Å². The molecule has 7 heteroatoms. The lowest BCUT2D eigenvalue weighted by Crippen LogP contribution is -2.31. The van der Waals surface area contributed by atoms with E-state index in [1.165, 1.54) is 12.1 Å². The van der Waals surface area contributed by atoms with Gasteiger partial charge in [-0.15, -0.1) is 0 Å². The van der Waals surface area contributed by atoms with E-state index >= 15 is 0 Å². The molecule has 158 valence electrons. The standard InChI is InChI=1S/C23H24F3N3O/c1-22(2,3)21-27-12-15-13-29(11-10-19(15)28-21)14-16-8-9-20(30-16)17-6-4-5-7-18(17)23(24,25)26/h4-9,12H,10-11,13-14H2,1-3H3. The van der Waals surface area contributed by atoms with Crippen molar-refractivity contribution in [2.45, 2.75) is 51.9 Å². The second-order valence-corrected chi connectivity index (χ2v) is 8.69. The highest BCUT2D eigenvalue weighted by molar-refractivity contribution is 5.63. The van der Waals surface area contributed by atoms with Crippen molar-refractivity contribution in [2.75, 3.05) is 6.54 Å². The van der Waals surface area contributed by atoms with Gasteiger partial charge in [-0.3, -0.25) is 4.90 Å². The van der Waals surface area contributed by atoms with Gasteiger partial charge >= 0.3 is 6.18 Å². The number of nitrogens with zero attached hydrogens (tertiary/aromatic N) is 3. The van der Waals surface area contributed by atoms with Gasteiger partial charge in [0.05, 0.1) is 12.1 Å². The number of furan rings is 1. The van der Waals surface area contributed by atoms with E-state index in [9.17, 15) is 13.2 Å². The Labute approximate surface area is 173 Å². The van der Waals surface area contributed by atoms with Crippen LogP contribution in [0, 0.1) is 0 Å². The van der Waals surface area contributed by atoms with Gasteiger partial charge in [0.15, 0.2) is 0 Å². The quantitative estimate of drug-likeness (QED) is 0.558. The first kappa shape index (κ1) is 20.6. The van der Waals surface area contributed by atoms with Crippen LogP contribution < -0.4 is 0 Å². The van der Waals surface area contributed by atoms with Gasteiger partial charge in [0, 0.05) is 47.9 Å². The summed E-state index contributed by atoms with van der Waals surface area (Å²) in [6.45, 7) is 8.30. The lowest BCUT2D eigenvalue weighted by molar-refractivity contribution is -0.137. The van der Waals surface area contributed by atoms with Gasteiger partial charge in [-0.05, 0) is 18.2 Å². The van der Waals surface area contributed by atoms with E-state index in [-0.39, 0.29) is 16.7 Å². The summed E-state index contributed by atoms with van der Waals surface area (Å²) in [4.78, 5) is 11.4. The first-order valence-corrected chi connectivity index (χ1v) is 9.94. The normalized spacial score (nSPS) is 15.3. The molecule has 3 heterocycles. The molecular formula is C23H24F3N3O. The molecule has 0 amide bonds. The SMILES string of the molecule is CC(C)(C)c1ncc2c(n1)CCN(Cc1ccc(-c3ccccc3C(F)(F)F)o1)C2. The molecule has 0 saturated heterocycles. The minimum Gasteiger partial charge on any atom is -0.460 e. The zero-order valence-electron chi connectivity index (χ0n) is 17.3. The van der Waals surface area contributed by atoms with Gasteiger partial charge in [-0.25, -0.2) is 9.97 Å². The Morgan fingerprint density at radius 1 is 1.07 bits per heavy atom. The van der Waals surface area contributed by atoms with Gasteiger partial charge in [0.25, 0.3) is 0 Å². The maximum atomic E-state index is 13.3. The Kier molecular flexibility index (Phi) is 5.18. The topological polar surface area (TPSA) is 42.2 Å². The minimum atomic E-state index is -4.42. The molecule has 3 aromatic rings. The molecule has 0 fully saturated rings. The molecular weight excluding hydrogens is 391 g/mol. The lowest BCUT2D eigenvalue weighted by Gasteiger charge is -2.28. The van der Waals surface area contributed by atoms with Crippen molar-refractivity contribution in [1.82, 2.24) is 14.9 Å². The molecule has 0 saturated carbocycles. The molecule has 0 N–H and O–H groups in total. The van der Waals surface area contributed by atoms with Crippen molar-refractivity contribution in [3.63, 3.8) is 0 Å². The van der Waals surface area contributed by atoms with Crippen molar-refractivity contribution >= 4 is 0 Å². The molecule has 4 nitrogen and oxygen atoms in total. The van der Waals surface area contributed by atoms with Gasteiger partial charge in [0.1, 0.15) is 17.3 Å². The zero-order chi connectivity index (χ0) is 21.5. The third-order valence-corrected chi connectivity index (χ3v) is 5.22. The Balaban J connectivity index is 1.50. The van der Waals surface area contributed by atoms with Crippen molar-refractivity contribution in [1.29, 1.82) is 0 Å². The van der Waals surface area contributed by atoms with Crippen LogP contribution in [0.3, 0.4) is 0 Å². The van der Waals surface area contributed by atoms with E-state index in [2.05, 4.69) is 30.7 Å². The van der Waals surface area contributed by atoms with Crippen LogP contribution >= 0.6 is 0 Å². The molecule has 30 heavy (non-hydrogen) atoms. The van der Waals surface area contributed by atoms with Crippen molar-refractivity contribution in [3.05, 3.63) is 71.0 Å². The number of hydrogen-bond donors (Lipinski definition) is 0. The van der Waals surface area contributed by atoms with Gasteiger partial charge in [0.2, 0.25) is 0 Å². The maximum absolute atomic E-state index is 13.3. The summed E-state index contributed by atoms with van der Waals surface area (Å²) in [5, 5.41) is 0. The van der Waals surface area contributed by atoms with Gasteiger partial charge in [-0.2, -0.15) is 13.2 Å². The number of rotatable bonds is 3. The predicted octanol–water partition coefficient (Wildman–Crippen LogP) is 5.61. The number of alkyl halides is 3. The average molecular weight is 415 g/mol. The summed E-state index contributed by atoms with van der Waals surface area (Å²) in [6, 6.07) is 8.83. The Hall–Kier alpha value is -2.67. The summed E-state index contributed by atoms with van der Waals surface area (Å²) >= 11 is 0. The summed E-state index contributed by atoms with van der Waals surface area (Å²) < 4.78 is 45.7. The number of aromatic nitrogens is 2. The highest BCUT2D eigenvalue weighted by Gasteiger charge is 2.34. The molecule has 4 rings (SSSR count). The van der Waals surface area contributed by atoms with E-state index < -0.39 is 11.7 Å². The van der Waals surface area contributed by atoms with E-state index in [1.54, 1.807) is 18.2 Å². The highest BCUT2D eigenvalue weighted by Crippen LogP contribution is 2.37. The van der Waals surface area contributed by atoms with Crippen molar-refractivity contribution in [3.8, 4) is 11.3 Å². The van der Waals surface area contributed by atoms with E-state index in [0.717, 1.165) is 36.1 Å². The zero-order valence-corrected chi connectivity index (χ0v) is 17.3. The lowest BCUT2D eigenvalue weighted by atomic mass is 9.95. The average Bonchev–Trinajstić information content (AvgIpc) is 3.14. The molecule has 0 aliphatic carbocycles. The number of hydrogen-bond acceptors (Lipinski definition) is 4. The van der Waals surface area contributed by atoms with Crippen LogP contribution in [0.1, 0.15) is 49.2 Å². The number of fused-ring (bicyclic) bond motifs is 1. The Morgan fingerprint density at radius 2 is 1.83 bits per heavy atom. The summed E-state index contributed by atoms with van der Waals surface area (Å²) in [7, 11) is 0. The van der Waals surface area contributed by atoms with Crippen LogP contribution in [-0.4, -0.2) is 21.4 Å². The third-order valence-electron chi connectivity index (χ3n) is 5.22. The number of halogens is 3. The fourth-order valence-corrected chi connectivity index (χ4v) is 3.64. The summed E-state index contributed by atoms with van der Waals surface area (Å²) in [6.07, 6.45) is -1.72. The van der Waals surface area contributed by atoms with E-state index in [1.807, 2.05) is 6.20 Å². The van der Waals surface area contributed by atoms with Crippen LogP contribution in [0.5, 0.6) is 0 Å². The minimum absolute atomic E-state index is 0.0587. The largest absolute Gasteiger partial charge is 0.460 e. The molecule has 0 unspecified atom stereocenters. The Morgan fingerprint density at radius 3 is 2.57 bits per heavy atom. The number of benzene rings is 1. The first-order chi connectivity index (χ1) is 14.1. The molecule has 1 aliphatic rings. The van der Waals surface area contributed by atoms with Crippen molar-refractivity contribution in [2.24, 2.45) is 0 Å². The van der Waals surface area contributed by atoms with E-state index in [4.69, 9.17) is 9.40 Å². The third kappa shape index (κ3) is 4.26. The maximum Gasteiger partial charge on any atom is 0.417 e. The smallest absolute Gasteiger partial charge is 0.417 e. The molecule has 0 atom stereocenters. The predicted molar refractivity (Wildman–Crippen MR) is 108 cm³/mol. The van der Waals surface area contributed by atoms with Crippen LogP contribution in [0.4, 0.5) is 13.2 Å². The molecule has 1 aromatic carbocycles. The van der Waals surface area contributed by atoms with Crippen LogP contribution in [0.25, 0.3) is 11.3 Å². The summed E-state index contributed by atoms with van der Waals surface area (Å²) in [5.74, 6) is 1.71. The van der Waals surface area contributed by atoms with Gasteiger partial charge < -0.3 is 4.42 Å². The second-order valence-electron chi connectivity index (χ2n) is 8.69. The van der Waals surface area contributed by atoms with E-state index in [0.29, 0.717) is 18.8 Å². The monoisotopic (exact) mass is 415 g/mol. The van der Waals surface area contributed by atoms with Gasteiger partial charge in [-0.1, -0.05) is 39.0 Å². The fraction of sp³-hybridized carbons (Fsp3) is 0.391. The molecule has 1 aliphatic heterocycles. The molecule has 2 aromatic heterocycles. The highest BCUT2D eigenvalue weighted by atomic mass is 19.4. The van der Waals surface area contributed by atoms with Crippen molar-refractivity contribution < 1.29 is 17.6 Å². The van der Waals surface area contributed by atoms with Crippen LogP contribution in [-0.2, 0) is 31.1 Å². The summed E-state index contributed by atoms with van der Waals surface area (Å²) in [5.41, 5.74) is 1.44. The van der Waals surface area contributed by atoms with Crippen LogP contribution in [0.15, 0.2) is 47.0 Å². The second kappa shape index (κ2) is 7.54. The Bertz CT molecular complexity index is 1050. The molecule has 0 spiro atoms.